The molecule has 0 bridgehead atoms. The van der Waals surface area contributed by atoms with Crippen molar-refractivity contribution in [2.24, 2.45) is 0 Å². The molecule has 0 spiro atoms. The lowest BCUT2D eigenvalue weighted by Crippen LogP contribution is -2.13. The van der Waals surface area contributed by atoms with E-state index in [1.165, 1.54) is 6.08 Å². The van der Waals surface area contributed by atoms with Crippen LogP contribution in [0.15, 0.2) is 11.6 Å². The van der Waals surface area contributed by atoms with E-state index in [1.54, 1.807) is 13.2 Å². The molecule has 0 radical (unpaired) electrons. The van der Waals surface area contributed by atoms with Gasteiger partial charge in [0.15, 0.2) is 0 Å². The van der Waals surface area contributed by atoms with Crippen LogP contribution in [0.5, 0.6) is 0 Å². The average Bonchev–Trinajstić information content (AvgIpc) is 2.61. The molecule has 1 N–H and O–H groups in total. The van der Waals surface area contributed by atoms with Crippen molar-refractivity contribution in [2.75, 3.05) is 13.7 Å². The third kappa shape index (κ3) is 3.24. The van der Waals surface area contributed by atoms with Crippen LogP contribution in [-0.2, 0) is 9.53 Å². The Balaban J connectivity index is 3.24. The lowest BCUT2D eigenvalue weighted by Gasteiger charge is -2.17. The lowest BCUT2D eigenvalue weighted by molar-refractivity contribution is -0.132. The molecule has 0 aliphatic rings. The summed E-state index contributed by atoms with van der Waals surface area (Å²) in [5.74, 6) is -1.21. The molecular formula is C14H18N2O3. The number of nitriles is 1. The van der Waals surface area contributed by atoms with Gasteiger partial charge in [-0.2, -0.15) is 5.26 Å². The zero-order valence-electron chi connectivity index (χ0n) is 11.6. The van der Waals surface area contributed by atoms with Crippen LogP contribution >= 0.6 is 0 Å². The van der Waals surface area contributed by atoms with Gasteiger partial charge in [0.1, 0.15) is 11.6 Å². The molecule has 0 fully saturated rings. The average molecular weight is 262 g/mol. The largest absolute Gasteiger partial charge is 0.477 e. The predicted molar refractivity (Wildman–Crippen MR) is 71.7 cm³/mol. The Morgan fingerprint density at radius 3 is 2.74 bits per heavy atom. The quantitative estimate of drug-likeness (QED) is 0.652. The summed E-state index contributed by atoms with van der Waals surface area (Å²) in [5, 5.41) is 17.7. The minimum Gasteiger partial charge on any atom is -0.477 e. The van der Waals surface area contributed by atoms with Crippen molar-refractivity contribution < 1.29 is 14.6 Å². The zero-order chi connectivity index (χ0) is 14.6. The molecule has 5 nitrogen and oxygen atoms in total. The molecular weight excluding hydrogens is 244 g/mol. The summed E-state index contributed by atoms with van der Waals surface area (Å²) in [6.45, 7) is 6.45. The first kappa shape index (κ1) is 15.0. The van der Waals surface area contributed by atoms with Gasteiger partial charge in [0.2, 0.25) is 0 Å². The second kappa shape index (κ2) is 6.21. The Hall–Kier alpha value is -2.06. The number of carbonyl (C=O) groups is 1. The fourth-order valence-electron chi connectivity index (χ4n) is 2.24. The van der Waals surface area contributed by atoms with E-state index >= 15 is 0 Å². The third-order valence-electron chi connectivity index (χ3n) is 3.02. The number of methoxy groups -OCH3 is 1. The molecule has 5 heteroatoms. The molecule has 0 amide bonds. The summed E-state index contributed by atoms with van der Waals surface area (Å²) in [5.41, 5.74) is 2.42. The molecule has 1 aromatic rings. The van der Waals surface area contributed by atoms with Crippen LogP contribution in [0.2, 0.25) is 0 Å². The third-order valence-corrected chi connectivity index (χ3v) is 3.02. The normalized spacial score (nSPS) is 13.1. The van der Waals surface area contributed by atoms with E-state index in [0.717, 1.165) is 17.0 Å². The van der Waals surface area contributed by atoms with E-state index in [2.05, 4.69) is 4.57 Å². The van der Waals surface area contributed by atoms with Gasteiger partial charge in [-0.05, 0) is 38.5 Å². The van der Waals surface area contributed by atoms with E-state index in [9.17, 15) is 4.79 Å². The minimum absolute atomic E-state index is 0.155. The number of carboxylic acids is 1. The summed E-state index contributed by atoms with van der Waals surface area (Å²) < 4.78 is 7.21. The monoisotopic (exact) mass is 262 g/mol. The first-order valence-electron chi connectivity index (χ1n) is 5.94. The van der Waals surface area contributed by atoms with Gasteiger partial charge < -0.3 is 14.4 Å². The number of ether oxygens (including phenoxy) is 1. The second-order valence-corrected chi connectivity index (χ2v) is 4.48. The van der Waals surface area contributed by atoms with Crippen molar-refractivity contribution in [3.05, 3.63) is 28.6 Å². The number of rotatable bonds is 5. The SMILES string of the molecule is COCC(C)n1c(C)cc(/C=C(\C#N)C(=O)O)c1C. The molecule has 19 heavy (non-hydrogen) atoms. The van der Waals surface area contributed by atoms with Gasteiger partial charge in [-0.3, -0.25) is 0 Å². The Bertz CT molecular complexity index is 550. The number of hydrogen-bond acceptors (Lipinski definition) is 3. The summed E-state index contributed by atoms with van der Waals surface area (Å²) in [4.78, 5) is 10.9. The van der Waals surface area contributed by atoms with E-state index < -0.39 is 5.97 Å². The van der Waals surface area contributed by atoms with Gasteiger partial charge in [-0.1, -0.05) is 0 Å². The Morgan fingerprint density at radius 1 is 1.63 bits per heavy atom. The van der Waals surface area contributed by atoms with Crippen LogP contribution in [0.1, 0.15) is 29.9 Å². The molecule has 102 valence electrons. The Kier molecular flexibility index (Phi) is 4.90. The van der Waals surface area contributed by atoms with Crippen LogP contribution in [0.3, 0.4) is 0 Å². The van der Waals surface area contributed by atoms with Gasteiger partial charge >= 0.3 is 5.97 Å². The maximum Gasteiger partial charge on any atom is 0.346 e. The molecule has 1 atom stereocenters. The smallest absolute Gasteiger partial charge is 0.346 e. The fourth-order valence-corrected chi connectivity index (χ4v) is 2.24. The van der Waals surface area contributed by atoms with Crippen LogP contribution in [0, 0.1) is 25.2 Å². The number of nitrogens with zero attached hydrogens (tertiary/aromatic N) is 2. The van der Waals surface area contributed by atoms with Gasteiger partial charge in [0, 0.05) is 18.5 Å². The predicted octanol–water partition coefficient (Wildman–Crippen LogP) is 2.30. The molecule has 1 aromatic heterocycles. The number of aromatic nitrogens is 1. The summed E-state index contributed by atoms with van der Waals surface area (Å²) in [6, 6.07) is 3.72. The lowest BCUT2D eigenvalue weighted by atomic mass is 10.1. The maximum absolute atomic E-state index is 10.9. The van der Waals surface area contributed by atoms with E-state index in [1.807, 2.05) is 26.8 Å². The van der Waals surface area contributed by atoms with Crippen LogP contribution < -0.4 is 0 Å². The number of aryl methyl sites for hydroxylation is 1. The Labute approximate surface area is 112 Å². The highest BCUT2D eigenvalue weighted by molar-refractivity contribution is 5.96. The molecule has 1 rings (SSSR count). The highest BCUT2D eigenvalue weighted by Crippen LogP contribution is 2.22. The Morgan fingerprint density at radius 2 is 2.26 bits per heavy atom. The highest BCUT2D eigenvalue weighted by atomic mass is 16.5. The number of aliphatic carboxylic acids is 1. The number of hydrogen-bond donors (Lipinski definition) is 1. The van der Waals surface area contributed by atoms with Crippen LogP contribution in [-0.4, -0.2) is 29.4 Å². The van der Waals surface area contributed by atoms with Gasteiger partial charge in [0.25, 0.3) is 0 Å². The summed E-state index contributed by atoms with van der Waals surface area (Å²) >= 11 is 0. The van der Waals surface area contributed by atoms with E-state index in [-0.39, 0.29) is 11.6 Å². The fraction of sp³-hybridized carbons (Fsp3) is 0.429. The molecule has 1 unspecified atom stereocenters. The van der Waals surface area contributed by atoms with Crippen molar-refractivity contribution in [1.82, 2.24) is 4.57 Å². The zero-order valence-corrected chi connectivity index (χ0v) is 11.6. The summed E-state index contributed by atoms with van der Waals surface area (Å²) in [7, 11) is 1.64. The molecule has 0 aliphatic carbocycles. The van der Waals surface area contributed by atoms with E-state index in [4.69, 9.17) is 15.1 Å². The van der Waals surface area contributed by atoms with Gasteiger partial charge in [-0.25, -0.2) is 4.79 Å². The maximum atomic E-state index is 10.9. The molecule has 0 aromatic carbocycles. The molecule has 0 aliphatic heterocycles. The van der Waals surface area contributed by atoms with Crippen LogP contribution in [0.25, 0.3) is 6.08 Å². The van der Waals surface area contributed by atoms with Crippen LogP contribution in [0.4, 0.5) is 0 Å². The first-order valence-corrected chi connectivity index (χ1v) is 5.94. The van der Waals surface area contributed by atoms with Gasteiger partial charge in [0.05, 0.1) is 12.6 Å². The molecule has 0 saturated carbocycles. The van der Waals surface area contributed by atoms with Crippen molar-refractivity contribution >= 4 is 12.0 Å². The van der Waals surface area contributed by atoms with Gasteiger partial charge in [-0.15, -0.1) is 0 Å². The van der Waals surface area contributed by atoms with Crippen molar-refractivity contribution in [1.29, 1.82) is 5.26 Å². The highest BCUT2D eigenvalue weighted by Gasteiger charge is 2.15. The molecule has 0 saturated heterocycles. The van der Waals surface area contributed by atoms with Crippen molar-refractivity contribution in [2.45, 2.75) is 26.8 Å². The molecule has 1 heterocycles. The standard InChI is InChI=1S/C14H18N2O3/c1-9-5-12(6-13(7-15)14(17)18)11(3)16(9)10(2)8-19-4/h5-6,10H,8H2,1-4H3,(H,17,18)/b13-6+. The summed E-state index contributed by atoms with van der Waals surface area (Å²) in [6.07, 6.45) is 1.40. The number of carboxylic acid groups (broad SMARTS) is 1. The van der Waals surface area contributed by atoms with Crippen molar-refractivity contribution in [3.63, 3.8) is 0 Å². The second-order valence-electron chi connectivity index (χ2n) is 4.48. The van der Waals surface area contributed by atoms with E-state index in [0.29, 0.717) is 6.61 Å². The minimum atomic E-state index is -1.21. The topological polar surface area (TPSA) is 75.2 Å². The van der Waals surface area contributed by atoms with Crippen molar-refractivity contribution in [3.8, 4) is 6.07 Å². The first-order chi connectivity index (χ1) is 8.92.